The molecule has 1 spiro atoms. The third-order valence-electron chi connectivity index (χ3n) is 5.79. The van der Waals surface area contributed by atoms with Crippen LogP contribution in [0.15, 0.2) is 53.8 Å². The van der Waals surface area contributed by atoms with E-state index in [1.807, 2.05) is 19.1 Å². The molecule has 2 aliphatic heterocycles. The molecule has 3 aromatic rings. The van der Waals surface area contributed by atoms with E-state index in [0.717, 1.165) is 10.6 Å². The van der Waals surface area contributed by atoms with Gasteiger partial charge in [0.15, 0.2) is 4.90 Å². The Hall–Kier alpha value is -3.01. The minimum atomic E-state index is -1.04. The highest BCUT2D eigenvalue weighted by molar-refractivity contribution is 7.91. The van der Waals surface area contributed by atoms with Gasteiger partial charge in [-0.1, -0.05) is 6.07 Å². The van der Waals surface area contributed by atoms with Gasteiger partial charge in [0.05, 0.1) is 30.0 Å². The van der Waals surface area contributed by atoms with Crippen LogP contribution in [0.4, 0.5) is 11.6 Å². The second-order valence-corrected chi connectivity index (χ2v) is 9.48. The molecule has 1 amide bonds. The molecule has 5 rings (SSSR count). The summed E-state index contributed by atoms with van der Waals surface area (Å²) in [4.78, 5) is 27.7. The molecular weight excluding hydrogens is 414 g/mol. The van der Waals surface area contributed by atoms with Crippen LogP contribution >= 0.6 is 0 Å². The van der Waals surface area contributed by atoms with E-state index in [1.54, 1.807) is 24.5 Å². The molecule has 1 aromatic carbocycles. The molecule has 0 saturated carbocycles. The van der Waals surface area contributed by atoms with Gasteiger partial charge in [0, 0.05) is 42.3 Å². The van der Waals surface area contributed by atoms with Crippen molar-refractivity contribution < 1.29 is 14.1 Å². The third-order valence-corrected chi connectivity index (χ3v) is 7.10. The van der Waals surface area contributed by atoms with Crippen molar-refractivity contribution in [2.24, 2.45) is 5.73 Å². The molecule has 9 heteroatoms. The molecule has 0 radical (unpaired) electrons. The van der Waals surface area contributed by atoms with Crippen LogP contribution in [0.25, 0.3) is 11.3 Å². The van der Waals surface area contributed by atoms with Crippen LogP contribution in [0.2, 0.25) is 0 Å². The lowest BCUT2D eigenvalue weighted by Gasteiger charge is -2.38. The molecule has 31 heavy (non-hydrogen) atoms. The van der Waals surface area contributed by atoms with Crippen molar-refractivity contribution in [3.05, 3.63) is 60.0 Å². The number of primary amides is 1. The highest BCUT2D eigenvalue weighted by Crippen LogP contribution is 2.48. The molecule has 4 heterocycles. The number of ether oxygens (including phenoxy) is 1. The zero-order valence-corrected chi connectivity index (χ0v) is 17.8. The molecule has 2 N–H and O–H groups in total. The fraction of sp³-hybridized carbons (Fsp3) is 0.273. The van der Waals surface area contributed by atoms with Gasteiger partial charge in [0.25, 0.3) is 0 Å². The SMILES string of the molecule is CC[S+]([O-])c1ccc2c(c1)N(c1ncc(-c3cc(C(N)=O)ccn3)cn1)CC21COC1. The number of amides is 1. The lowest BCUT2D eigenvalue weighted by molar-refractivity contribution is -0.0507. The van der Waals surface area contributed by atoms with Gasteiger partial charge >= 0.3 is 0 Å². The van der Waals surface area contributed by atoms with Crippen molar-refractivity contribution in [3.8, 4) is 11.3 Å². The number of anilines is 2. The van der Waals surface area contributed by atoms with E-state index < -0.39 is 17.1 Å². The first-order valence-corrected chi connectivity index (χ1v) is 11.3. The number of hydrogen-bond acceptors (Lipinski definition) is 7. The Morgan fingerprint density at radius 3 is 2.65 bits per heavy atom. The van der Waals surface area contributed by atoms with E-state index in [4.69, 9.17) is 10.5 Å². The fourth-order valence-electron chi connectivity index (χ4n) is 4.07. The molecule has 8 nitrogen and oxygen atoms in total. The molecule has 1 unspecified atom stereocenters. The van der Waals surface area contributed by atoms with E-state index in [9.17, 15) is 9.35 Å². The van der Waals surface area contributed by atoms with Crippen LogP contribution in [-0.4, -0.2) is 50.9 Å². The van der Waals surface area contributed by atoms with E-state index in [-0.39, 0.29) is 5.41 Å². The van der Waals surface area contributed by atoms with Crippen molar-refractivity contribution in [2.75, 3.05) is 30.4 Å². The Morgan fingerprint density at radius 1 is 1.23 bits per heavy atom. The molecule has 1 fully saturated rings. The predicted octanol–water partition coefficient (Wildman–Crippen LogP) is 2.18. The molecule has 1 saturated heterocycles. The van der Waals surface area contributed by atoms with Crippen LogP contribution in [-0.2, 0) is 21.3 Å². The summed E-state index contributed by atoms with van der Waals surface area (Å²) in [7, 11) is 0. The van der Waals surface area contributed by atoms with Crippen LogP contribution in [0.5, 0.6) is 0 Å². The number of pyridine rings is 1. The van der Waals surface area contributed by atoms with Gasteiger partial charge in [-0.05, 0) is 41.9 Å². The summed E-state index contributed by atoms with van der Waals surface area (Å²) >= 11 is -1.04. The normalized spacial score (nSPS) is 17.3. The monoisotopic (exact) mass is 435 g/mol. The van der Waals surface area contributed by atoms with Gasteiger partial charge in [0.1, 0.15) is 5.75 Å². The van der Waals surface area contributed by atoms with Gasteiger partial charge in [-0.15, -0.1) is 0 Å². The first kappa shape index (κ1) is 19.9. The molecule has 158 valence electrons. The smallest absolute Gasteiger partial charge is 0.248 e. The maximum absolute atomic E-state index is 12.4. The van der Waals surface area contributed by atoms with E-state index in [0.29, 0.717) is 48.3 Å². The van der Waals surface area contributed by atoms with Crippen LogP contribution in [0.3, 0.4) is 0 Å². The topological polar surface area (TPSA) is 117 Å². The summed E-state index contributed by atoms with van der Waals surface area (Å²) in [6, 6.07) is 9.19. The van der Waals surface area contributed by atoms with Crippen LogP contribution < -0.4 is 10.6 Å². The predicted molar refractivity (Wildman–Crippen MR) is 117 cm³/mol. The first-order chi connectivity index (χ1) is 15.0. The molecule has 2 aromatic heterocycles. The van der Waals surface area contributed by atoms with Gasteiger partial charge in [0.2, 0.25) is 11.9 Å². The maximum Gasteiger partial charge on any atom is 0.248 e. The largest absolute Gasteiger partial charge is 0.611 e. The quantitative estimate of drug-likeness (QED) is 0.610. The van der Waals surface area contributed by atoms with Crippen molar-refractivity contribution in [2.45, 2.75) is 17.2 Å². The standard InChI is InChI=1S/C22H21N5O3S/c1-2-31(29)16-3-4-17-19(8-16)27(11-22(17)12-30-13-22)21-25-9-15(10-26-21)18-7-14(20(23)28)5-6-24-18/h3-10H,2,11-13H2,1H3,(H2,23,28). The number of nitrogens with two attached hydrogens (primary N) is 1. The average Bonchev–Trinajstić information content (AvgIpc) is 3.14. The Kier molecular flexibility index (Phi) is 4.88. The fourth-order valence-corrected chi connectivity index (χ4v) is 4.87. The third kappa shape index (κ3) is 3.34. The minimum absolute atomic E-state index is 0.0824. The summed E-state index contributed by atoms with van der Waals surface area (Å²) < 4.78 is 17.9. The summed E-state index contributed by atoms with van der Waals surface area (Å²) in [6.45, 7) is 3.91. The van der Waals surface area contributed by atoms with Crippen molar-refractivity contribution in [1.82, 2.24) is 15.0 Å². The number of carbonyl (C=O) groups is 1. The lowest BCUT2D eigenvalue weighted by Crippen LogP contribution is -2.49. The van der Waals surface area contributed by atoms with E-state index >= 15 is 0 Å². The van der Waals surface area contributed by atoms with Gasteiger partial charge in [-0.25, -0.2) is 9.97 Å². The molecule has 0 aliphatic carbocycles. The average molecular weight is 436 g/mol. The zero-order valence-electron chi connectivity index (χ0n) is 16.9. The number of hydrogen-bond donors (Lipinski definition) is 1. The van der Waals surface area contributed by atoms with Crippen LogP contribution in [0, 0.1) is 0 Å². The number of rotatable bonds is 5. The van der Waals surface area contributed by atoms with Gasteiger partial charge < -0.3 is 19.9 Å². The minimum Gasteiger partial charge on any atom is -0.611 e. The highest BCUT2D eigenvalue weighted by Gasteiger charge is 2.49. The van der Waals surface area contributed by atoms with Crippen molar-refractivity contribution in [1.29, 1.82) is 0 Å². The molecule has 2 aliphatic rings. The van der Waals surface area contributed by atoms with Crippen LogP contribution in [0.1, 0.15) is 22.8 Å². The molecule has 0 bridgehead atoms. The second kappa shape index (κ2) is 7.60. The summed E-state index contributed by atoms with van der Waals surface area (Å²) in [6.07, 6.45) is 4.91. The Morgan fingerprint density at radius 2 is 2.00 bits per heavy atom. The number of aromatic nitrogens is 3. The number of carbonyl (C=O) groups excluding carboxylic acids is 1. The number of benzene rings is 1. The summed E-state index contributed by atoms with van der Waals surface area (Å²) in [5, 5.41) is 0. The first-order valence-electron chi connectivity index (χ1n) is 9.97. The maximum atomic E-state index is 12.4. The summed E-state index contributed by atoms with van der Waals surface area (Å²) in [5.41, 5.74) is 9.08. The molecular formula is C22H21N5O3S. The van der Waals surface area contributed by atoms with Gasteiger partial charge in [-0.3, -0.25) is 9.78 Å². The Labute approximate surface area is 182 Å². The molecule has 1 atom stereocenters. The van der Waals surface area contributed by atoms with Gasteiger partial charge in [-0.2, -0.15) is 0 Å². The van der Waals surface area contributed by atoms with Crippen molar-refractivity contribution >= 4 is 28.7 Å². The van der Waals surface area contributed by atoms with E-state index in [1.165, 1.54) is 11.8 Å². The van der Waals surface area contributed by atoms with Crippen molar-refractivity contribution in [3.63, 3.8) is 0 Å². The Bertz CT molecular complexity index is 1150. The zero-order chi connectivity index (χ0) is 21.6. The second-order valence-electron chi connectivity index (χ2n) is 7.74. The summed E-state index contributed by atoms with van der Waals surface area (Å²) in [5.74, 6) is 0.609. The highest BCUT2D eigenvalue weighted by atomic mass is 32.2. The number of nitrogens with zero attached hydrogens (tertiary/aromatic N) is 4. The van der Waals surface area contributed by atoms with E-state index in [2.05, 4.69) is 25.9 Å². The lowest BCUT2D eigenvalue weighted by atomic mass is 9.81. The number of fused-ring (bicyclic) bond motifs is 2. The Balaban J connectivity index is 1.50.